The van der Waals surface area contributed by atoms with Crippen molar-refractivity contribution in [2.75, 3.05) is 39.9 Å². The third kappa shape index (κ3) is 6.24. The van der Waals surface area contributed by atoms with Gasteiger partial charge in [0.15, 0.2) is 0 Å². The second-order valence-corrected chi connectivity index (χ2v) is 4.06. The van der Waals surface area contributed by atoms with Crippen LogP contribution < -0.4 is 0 Å². The van der Waals surface area contributed by atoms with Crippen molar-refractivity contribution in [3.8, 4) is 0 Å². The highest BCUT2D eigenvalue weighted by atomic mass is 16.5. The fourth-order valence-electron chi connectivity index (χ4n) is 1.45. The number of hydrogen-bond donors (Lipinski definition) is 1. The Kier molecular flexibility index (Phi) is 7.78. The van der Waals surface area contributed by atoms with E-state index in [4.69, 9.17) is 9.84 Å². The van der Waals surface area contributed by atoms with E-state index in [1.54, 1.807) is 4.90 Å². The molecule has 0 aromatic rings. The number of aliphatic carboxylic acids is 1. The van der Waals surface area contributed by atoms with Gasteiger partial charge < -0.3 is 19.6 Å². The summed E-state index contributed by atoms with van der Waals surface area (Å²) in [5, 5.41) is 8.80. The van der Waals surface area contributed by atoms with Crippen LogP contribution in [0.5, 0.6) is 0 Å². The average molecular weight is 258 g/mol. The molecule has 0 unspecified atom stereocenters. The predicted octanol–water partition coefficient (Wildman–Crippen LogP) is 1.04. The van der Waals surface area contributed by atoms with E-state index >= 15 is 0 Å². The summed E-state index contributed by atoms with van der Waals surface area (Å²) < 4.78 is 4.88. The molecule has 0 heterocycles. The third-order valence-corrected chi connectivity index (χ3v) is 2.27. The number of likely N-dealkylation sites (N-methyl/N-ethyl adjacent to an activating group) is 1. The van der Waals surface area contributed by atoms with Gasteiger partial charge in [-0.05, 0) is 13.8 Å². The van der Waals surface area contributed by atoms with Crippen LogP contribution in [-0.4, -0.2) is 66.8 Å². The van der Waals surface area contributed by atoms with Gasteiger partial charge in [-0.25, -0.2) is 4.79 Å². The van der Waals surface area contributed by atoms with Crippen LogP contribution in [-0.2, 0) is 9.53 Å². The van der Waals surface area contributed by atoms with Gasteiger partial charge in [0.1, 0.15) is 6.54 Å². The first-order valence-electron chi connectivity index (χ1n) is 5.81. The van der Waals surface area contributed by atoms with E-state index in [-0.39, 0.29) is 19.1 Å². The summed E-state index contributed by atoms with van der Waals surface area (Å²) in [6, 6.07) is -0.306. The molecule has 0 rings (SSSR count). The highest BCUT2D eigenvalue weighted by molar-refractivity contribution is 5.80. The molecular formula is C12H22N2O4. The van der Waals surface area contributed by atoms with Crippen molar-refractivity contribution in [1.82, 2.24) is 9.80 Å². The maximum atomic E-state index is 12.1. The molecule has 0 atom stereocenters. The summed E-state index contributed by atoms with van der Waals surface area (Å²) in [7, 11) is 1.51. The van der Waals surface area contributed by atoms with Crippen molar-refractivity contribution in [1.29, 1.82) is 0 Å². The monoisotopic (exact) mass is 258 g/mol. The summed E-state index contributed by atoms with van der Waals surface area (Å²) in [4.78, 5) is 25.7. The van der Waals surface area contributed by atoms with E-state index in [9.17, 15) is 9.59 Å². The Morgan fingerprint density at radius 3 is 2.28 bits per heavy atom. The average Bonchev–Trinajstić information content (AvgIpc) is 2.29. The number of carboxylic acids is 1. The van der Waals surface area contributed by atoms with Crippen molar-refractivity contribution in [2.24, 2.45) is 0 Å². The van der Waals surface area contributed by atoms with Crippen LogP contribution in [0.25, 0.3) is 0 Å². The number of ether oxygens (including phenoxy) is 1. The molecule has 0 fully saturated rings. The van der Waals surface area contributed by atoms with Crippen LogP contribution in [0.2, 0.25) is 0 Å². The normalized spacial score (nSPS) is 9.94. The number of amides is 2. The first kappa shape index (κ1) is 16.4. The summed E-state index contributed by atoms with van der Waals surface area (Å²) in [5.74, 6) is -1.04. The standard InChI is InChI=1S/C12H22N2O4/c1-5-13(8-10(2)3)12(17)14(6-7-18-4)9-11(15)16/h2,5-9H2,1,3-4H3,(H,15,16). The molecule has 0 aromatic carbocycles. The van der Waals surface area contributed by atoms with Crippen LogP contribution in [0.1, 0.15) is 13.8 Å². The number of methoxy groups -OCH3 is 1. The molecule has 0 spiro atoms. The van der Waals surface area contributed by atoms with Crippen LogP contribution in [0.4, 0.5) is 4.79 Å². The van der Waals surface area contributed by atoms with Crippen molar-refractivity contribution in [2.45, 2.75) is 13.8 Å². The maximum Gasteiger partial charge on any atom is 0.323 e. The highest BCUT2D eigenvalue weighted by Crippen LogP contribution is 2.03. The molecule has 0 aromatic heterocycles. The zero-order chi connectivity index (χ0) is 14.1. The fraction of sp³-hybridized carbons (Fsp3) is 0.667. The lowest BCUT2D eigenvalue weighted by atomic mass is 10.3. The summed E-state index contributed by atoms with van der Waals surface area (Å²) >= 11 is 0. The molecule has 0 aliphatic rings. The highest BCUT2D eigenvalue weighted by Gasteiger charge is 2.21. The molecule has 0 radical (unpaired) electrons. The van der Waals surface area contributed by atoms with Gasteiger partial charge in [-0.2, -0.15) is 0 Å². The molecule has 0 aliphatic heterocycles. The first-order valence-corrected chi connectivity index (χ1v) is 5.81. The topological polar surface area (TPSA) is 70.1 Å². The summed E-state index contributed by atoms with van der Waals surface area (Å²) in [5.41, 5.74) is 0.854. The van der Waals surface area contributed by atoms with Crippen molar-refractivity contribution in [3.63, 3.8) is 0 Å². The number of carbonyl (C=O) groups is 2. The van der Waals surface area contributed by atoms with Crippen molar-refractivity contribution in [3.05, 3.63) is 12.2 Å². The van der Waals surface area contributed by atoms with Crippen molar-refractivity contribution < 1.29 is 19.4 Å². The smallest absolute Gasteiger partial charge is 0.323 e. The Hall–Kier alpha value is -1.56. The molecule has 6 nitrogen and oxygen atoms in total. The zero-order valence-electron chi connectivity index (χ0n) is 11.3. The number of hydrogen-bond acceptors (Lipinski definition) is 3. The maximum absolute atomic E-state index is 12.1. The van der Waals surface area contributed by atoms with Crippen molar-refractivity contribution >= 4 is 12.0 Å². The molecule has 104 valence electrons. The molecule has 0 aliphatic carbocycles. The van der Waals surface area contributed by atoms with Crippen LogP contribution >= 0.6 is 0 Å². The predicted molar refractivity (Wildman–Crippen MR) is 68.5 cm³/mol. The molecule has 0 bridgehead atoms. The second kappa shape index (κ2) is 8.52. The number of carbonyl (C=O) groups excluding carboxylic acids is 1. The molecule has 6 heteroatoms. The van der Waals surface area contributed by atoms with Crippen LogP contribution in [0.3, 0.4) is 0 Å². The minimum atomic E-state index is -1.04. The first-order chi connectivity index (χ1) is 8.42. The van der Waals surface area contributed by atoms with E-state index in [0.29, 0.717) is 19.7 Å². The molecule has 18 heavy (non-hydrogen) atoms. The van der Waals surface area contributed by atoms with Gasteiger partial charge in [0.2, 0.25) is 0 Å². The van der Waals surface area contributed by atoms with E-state index in [2.05, 4.69) is 6.58 Å². The number of urea groups is 1. The number of carboxylic acid groups (broad SMARTS) is 1. The zero-order valence-corrected chi connectivity index (χ0v) is 11.3. The van der Waals surface area contributed by atoms with Gasteiger partial charge in [-0.1, -0.05) is 12.2 Å². The van der Waals surface area contributed by atoms with Gasteiger partial charge in [0, 0.05) is 26.7 Å². The second-order valence-electron chi connectivity index (χ2n) is 4.06. The van der Waals surface area contributed by atoms with Gasteiger partial charge in [0.05, 0.1) is 6.61 Å². The Morgan fingerprint density at radius 2 is 1.89 bits per heavy atom. The van der Waals surface area contributed by atoms with E-state index in [1.807, 2.05) is 13.8 Å². The Balaban J connectivity index is 4.67. The fourth-order valence-corrected chi connectivity index (χ4v) is 1.45. The lowest BCUT2D eigenvalue weighted by molar-refractivity contribution is -0.137. The Bertz CT molecular complexity index is 304. The number of rotatable bonds is 8. The van der Waals surface area contributed by atoms with Crippen LogP contribution in [0, 0.1) is 0 Å². The minimum absolute atomic E-state index is 0.258. The summed E-state index contributed by atoms with van der Waals surface area (Å²) in [6.07, 6.45) is 0. The Morgan fingerprint density at radius 1 is 1.28 bits per heavy atom. The molecule has 0 saturated carbocycles. The lowest BCUT2D eigenvalue weighted by Gasteiger charge is -2.29. The van der Waals surface area contributed by atoms with Gasteiger partial charge in [0.25, 0.3) is 0 Å². The van der Waals surface area contributed by atoms with E-state index < -0.39 is 5.97 Å². The Labute approximate surface area is 108 Å². The molecule has 1 N–H and O–H groups in total. The van der Waals surface area contributed by atoms with Gasteiger partial charge >= 0.3 is 12.0 Å². The number of nitrogens with zero attached hydrogens (tertiary/aromatic N) is 2. The van der Waals surface area contributed by atoms with E-state index in [0.717, 1.165) is 5.57 Å². The molecule has 2 amide bonds. The molecule has 0 saturated heterocycles. The lowest BCUT2D eigenvalue weighted by Crippen LogP contribution is -2.47. The molecular weight excluding hydrogens is 236 g/mol. The largest absolute Gasteiger partial charge is 0.480 e. The van der Waals surface area contributed by atoms with Gasteiger partial charge in [-0.3, -0.25) is 4.79 Å². The van der Waals surface area contributed by atoms with Gasteiger partial charge in [-0.15, -0.1) is 0 Å². The third-order valence-electron chi connectivity index (χ3n) is 2.27. The minimum Gasteiger partial charge on any atom is -0.480 e. The van der Waals surface area contributed by atoms with Crippen LogP contribution in [0.15, 0.2) is 12.2 Å². The summed E-state index contributed by atoms with van der Waals surface area (Å²) in [6.45, 7) is 8.60. The van der Waals surface area contributed by atoms with E-state index in [1.165, 1.54) is 12.0 Å². The SMILES string of the molecule is C=C(C)CN(CC)C(=O)N(CCOC)CC(=O)O. The quantitative estimate of drug-likeness (QED) is 0.660.